The molecule has 20 heavy (non-hydrogen) atoms. The Labute approximate surface area is 130 Å². The fraction of sp³-hybridized carbons (Fsp3) is 0.533. The van der Waals surface area contributed by atoms with Crippen LogP contribution < -0.4 is 5.73 Å². The van der Waals surface area contributed by atoms with Crippen LogP contribution >= 0.6 is 23.2 Å². The molecular formula is C15H20Cl2N2O. The van der Waals surface area contributed by atoms with Crippen molar-refractivity contribution in [1.82, 2.24) is 4.90 Å². The first-order chi connectivity index (χ1) is 9.35. The lowest BCUT2D eigenvalue weighted by atomic mass is 9.91. The Morgan fingerprint density at radius 3 is 2.50 bits per heavy atom. The Balaban J connectivity index is 2.17. The van der Waals surface area contributed by atoms with Crippen molar-refractivity contribution in [3.05, 3.63) is 33.8 Å². The molecule has 0 aliphatic heterocycles. The molecule has 0 saturated heterocycles. The molecule has 1 saturated carbocycles. The first-order valence-corrected chi connectivity index (χ1v) is 7.56. The molecule has 0 spiro atoms. The second kappa shape index (κ2) is 5.92. The highest BCUT2D eigenvalue weighted by atomic mass is 35.5. The first kappa shape index (κ1) is 15.6. The van der Waals surface area contributed by atoms with Gasteiger partial charge in [-0.1, -0.05) is 29.3 Å². The average Bonchev–Trinajstić information content (AvgIpc) is 3.23. The average molecular weight is 315 g/mol. The molecule has 2 rings (SSSR count). The van der Waals surface area contributed by atoms with Crippen molar-refractivity contribution in [2.24, 2.45) is 11.1 Å². The van der Waals surface area contributed by atoms with Crippen LogP contribution in [-0.2, 0) is 11.3 Å². The Morgan fingerprint density at radius 2 is 2.00 bits per heavy atom. The van der Waals surface area contributed by atoms with Crippen molar-refractivity contribution in [2.75, 3.05) is 6.54 Å². The summed E-state index contributed by atoms with van der Waals surface area (Å²) in [5.41, 5.74) is 6.18. The highest BCUT2D eigenvalue weighted by Crippen LogP contribution is 2.33. The summed E-state index contributed by atoms with van der Waals surface area (Å²) in [6, 6.07) is 5.83. The number of carbonyl (C=O) groups is 1. The number of rotatable bonds is 5. The summed E-state index contributed by atoms with van der Waals surface area (Å²) in [4.78, 5) is 14.5. The van der Waals surface area contributed by atoms with E-state index in [1.807, 2.05) is 30.9 Å². The number of benzene rings is 1. The molecular weight excluding hydrogens is 295 g/mol. The van der Waals surface area contributed by atoms with Crippen molar-refractivity contribution >= 4 is 29.1 Å². The van der Waals surface area contributed by atoms with Crippen molar-refractivity contribution < 1.29 is 4.79 Å². The Kier molecular flexibility index (Phi) is 4.62. The highest BCUT2D eigenvalue weighted by Gasteiger charge is 2.38. The summed E-state index contributed by atoms with van der Waals surface area (Å²) in [6.45, 7) is 4.68. The van der Waals surface area contributed by atoms with Gasteiger partial charge in [-0.25, -0.2) is 0 Å². The van der Waals surface area contributed by atoms with Crippen LogP contribution in [0.1, 0.15) is 32.3 Å². The summed E-state index contributed by atoms with van der Waals surface area (Å²) in [7, 11) is 0. The van der Waals surface area contributed by atoms with E-state index in [0.29, 0.717) is 29.2 Å². The molecule has 0 unspecified atom stereocenters. The van der Waals surface area contributed by atoms with E-state index < -0.39 is 5.41 Å². The monoisotopic (exact) mass is 314 g/mol. The molecule has 110 valence electrons. The maximum Gasteiger partial charge on any atom is 0.230 e. The molecule has 5 heteroatoms. The number of nitrogens with zero attached hydrogens (tertiary/aromatic N) is 1. The summed E-state index contributed by atoms with van der Waals surface area (Å²) in [5.74, 6) is 0.105. The maximum atomic E-state index is 12.6. The predicted octanol–water partition coefficient (Wildman–Crippen LogP) is 3.47. The summed E-state index contributed by atoms with van der Waals surface area (Å²) in [5, 5.41) is 1.05. The van der Waals surface area contributed by atoms with Gasteiger partial charge in [0.15, 0.2) is 0 Å². The second-order valence-electron chi connectivity index (χ2n) is 6.00. The molecule has 0 aromatic heterocycles. The lowest BCUT2D eigenvalue weighted by Crippen LogP contribution is -2.45. The molecule has 0 bridgehead atoms. The van der Waals surface area contributed by atoms with Gasteiger partial charge >= 0.3 is 0 Å². The molecule has 1 aromatic carbocycles. The molecule has 2 N–H and O–H groups in total. The van der Waals surface area contributed by atoms with E-state index >= 15 is 0 Å². The molecule has 1 amide bonds. The number of carbonyl (C=O) groups excluding carboxylic acids is 1. The Morgan fingerprint density at radius 1 is 1.35 bits per heavy atom. The van der Waals surface area contributed by atoms with Crippen LogP contribution in [0.5, 0.6) is 0 Å². The fourth-order valence-corrected chi connectivity index (χ4v) is 2.38. The smallest absolute Gasteiger partial charge is 0.230 e. The van der Waals surface area contributed by atoms with Crippen molar-refractivity contribution in [2.45, 2.75) is 39.3 Å². The van der Waals surface area contributed by atoms with Gasteiger partial charge in [0.05, 0.1) is 15.5 Å². The summed E-state index contributed by atoms with van der Waals surface area (Å²) in [6.07, 6.45) is 2.13. The third-order valence-corrected chi connectivity index (χ3v) is 4.41. The van der Waals surface area contributed by atoms with Gasteiger partial charge in [0.2, 0.25) is 5.91 Å². The first-order valence-electron chi connectivity index (χ1n) is 6.80. The standard InChI is InChI=1S/C15H20Cl2N2O/c1-15(2,9-18)14(20)19(11-4-5-11)8-10-3-6-12(16)13(17)7-10/h3,6-7,11H,4-5,8-9,18H2,1-2H3. The molecule has 3 nitrogen and oxygen atoms in total. The van der Waals surface area contributed by atoms with Crippen LogP contribution in [0, 0.1) is 5.41 Å². The van der Waals surface area contributed by atoms with E-state index in [2.05, 4.69) is 0 Å². The Bertz CT molecular complexity index is 513. The minimum absolute atomic E-state index is 0.105. The van der Waals surface area contributed by atoms with Crippen LogP contribution in [0.15, 0.2) is 18.2 Å². The molecule has 1 fully saturated rings. The number of amides is 1. The third kappa shape index (κ3) is 3.46. The quantitative estimate of drug-likeness (QED) is 0.904. The maximum absolute atomic E-state index is 12.6. The van der Waals surface area contributed by atoms with Crippen molar-refractivity contribution in [1.29, 1.82) is 0 Å². The zero-order valence-corrected chi connectivity index (χ0v) is 13.3. The summed E-state index contributed by atoms with van der Waals surface area (Å²) < 4.78 is 0. The normalized spacial score (nSPS) is 15.2. The van der Waals surface area contributed by atoms with E-state index in [-0.39, 0.29) is 5.91 Å². The van der Waals surface area contributed by atoms with Gasteiger partial charge in [0.1, 0.15) is 0 Å². The molecule has 0 heterocycles. The van der Waals surface area contributed by atoms with E-state index in [1.54, 1.807) is 6.07 Å². The zero-order valence-electron chi connectivity index (χ0n) is 11.8. The highest BCUT2D eigenvalue weighted by molar-refractivity contribution is 6.42. The van der Waals surface area contributed by atoms with Crippen LogP contribution in [0.4, 0.5) is 0 Å². The van der Waals surface area contributed by atoms with Crippen LogP contribution in [-0.4, -0.2) is 23.4 Å². The predicted molar refractivity (Wildman–Crippen MR) is 82.9 cm³/mol. The van der Waals surface area contributed by atoms with E-state index in [0.717, 1.165) is 18.4 Å². The van der Waals surface area contributed by atoms with Gasteiger partial charge in [-0.3, -0.25) is 4.79 Å². The van der Waals surface area contributed by atoms with E-state index in [9.17, 15) is 4.79 Å². The van der Waals surface area contributed by atoms with Crippen molar-refractivity contribution in [3.63, 3.8) is 0 Å². The van der Waals surface area contributed by atoms with Gasteiger partial charge < -0.3 is 10.6 Å². The Hall–Kier alpha value is -0.770. The minimum Gasteiger partial charge on any atom is -0.335 e. The van der Waals surface area contributed by atoms with Crippen LogP contribution in [0.3, 0.4) is 0 Å². The molecule has 1 aliphatic rings. The van der Waals surface area contributed by atoms with Crippen LogP contribution in [0.25, 0.3) is 0 Å². The van der Waals surface area contributed by atoms with E-state index in [1.165, 1.54) is 0 Å². The van der Waals surface area contributed by atoms with Gasteiger partial charge in [0.25, 0.3) is 0 Å². The minimum atomic E-state index is -0.529. The molecule has 0 atom stereocenters. The second-order valence-corrected chi connectivity index (χ2v) is 6.82. The zero-order chi connectivity index (χ0) is 14.9. The third-order valence-electron chi connectivity index (χ3n) is 3.67. The van der Waals surface area contributed by atoms with Gasteiger partial charge in [0, 0.05) is 19.1 Å². The van der Waals surface area contributed by atoms with Gasteiger partial charge in [-0.2, -0.15) is 0 Å². The largest absolute Gasteiger partial charge is 0.335 e. The number of nitrogens with two attached hydrogens (primary N) is 1. The molecule has 1 aliphatic carbocycles. The lowest BCUT2D eigenvalue weighted by Gasteiger charge is -2.31. The van der Waals surface area contributed by atoms with Crippen LogP contribution in [0.2, 0.25) is 10.0 Å². The van der Waals surface area contributed by atoms with E-state index in [4.69, 9.17) is 28.9 Å². The lowest BCUT2D eigenvalue weighted by molar-refractivity contribution is -0.141. The molecule has 0 radical (unpaired) electrons. The molecule has 1 aromatic rings. The fourth-order valence-electron chi connectivity index (χ4n) is 2.06. The topological polar surface area (TPSA) is 46.3 Å². The number of hydrogen-bond donors (Lipinski definition) is 1. The number of halogens is 2. The van der Waals surface area contributed by atoms with Gasteiger partial charge in [-0.05, 0) is 44.4 Å². The SMILES string of the molecule is CC(C)(CN)C(=O)N(Cc1ccc(Cl)c(Cl)c1)C1CC1. The van der Waals surface area contributed by atoms with Gasteiger partial charge in [-0.15, -0.1) is 0 Å². The van der Waals surface area contributed by atoms with Crippen molar-refractivity contribution in [3.8, 4) is 0 Å². The summed E-state index contributed by atoms with van der Waals surface area (Å²) >= 11 is 12.0. The number of hydrogen-bond acceptors (Lipinski definition) is 2.